The van der Waals surface area contributed by atoms with Crippen molar-refractivity contribution in [3.8, 4) is 5.69 Å². The summed E-state index contributed by atoms with van der Waals surface area (Å²) in [5.41, 5.74) is 1.56. The largest absolute Gasteiger partial charge is 0.322 e. The van der Waals surface area contributed by atoms with Crippen molar-refractivity contribution in [3.05, 3.63) is 77.6 Å². The van der Waals surface area contributed by atoms with Crippen LogP contribution in [0.15, 0.2) is 54.7 Å². The summed E-state index contributed by atoms with van der Waals surface area (Å²) >= 11 is 0. The van der Waals surface area contributed by atoms with Crippen molar-refractivity contribution in [3.63, 3.8) is 0 Å². The number of anilines is 1. The number of halogens is 2. The number of carbonyl (C=O) groups excluding carboxylic acids is 1. The SMILES string of the molecule is Cc1c(C(=O)Nc2ccc(F)cc2)cnn1-c1ccccc1F. The maximum Gasteiger partial charge on any atom is 0.259 e. The van der Waals surface area contributed by atoms with E-state index in [2.05, 4.69) is 10.4 Å². The Morgan fingerprint density at radius 3 is 2.48 bits per heavy atom. The molecule has 0 aliphatic carbocycles. The molecule has 3 aromatic rings. The van der Waals surface area contributed by atoms with Crippen LogP contribution < -0.4 is 5.32 Å². The maximum atomic E-state index is 13.9. The Labute approximate surface area is 131 Å². The van der Waals surface area contributed by atoms with Gasteiger partial charge in [-0.25, -0.2) is 13.5 Å². The molecule has 1 amide bonds. The van der Waals surface area contributed by atoms with E-state index in [1.807, 2.05) is 0 Å². The highest BCUT2D eigenvalue weighted by molar-refractivity contribution is 6.04. The van der Waals surface area contributed by atoms with Gasteiger partial charge in [0.05, 0.1) is 17.5 Å². The number of para-hydroxylation sites is 1. The highest BCUT2D eigenvalue weighted by atomic mass is 19.1. The molecule has 3 rings (SSSR count). The van der Waals surface area contributed by atoms with Gasteiger partial charge in [0, 0.05) is 5.69 Å². The lowest BCUT2D eigenvalue weighted by Crippen LogP contribution is -2.13. The molecule has 6 heteroatoms. The average molecular weight is 313 g/mol. The number of hydrogen-bond donors (Lipinski definition) is 1. The van der Waals surface area contributed by atoms with Crippen molar-refractivity contribution in [2.45, 2.75) is 6.92 Å². The standard InChI is InChI=1S/C17H13F2N3O/c1-11-14(17(23)21-13-8-6-12(18)7-9-13)10-20-22(11)16-5-3-2-4-15(16)19/h2-10H,1H3,(H,21,23). The highest BCUT2D eigenvalue weighted by Crippen LogP contribution is 2.18. The van der Waals surface area contributed by atoms with E-state index in [9.17, 15) is 13.6 Å². The lowest BCUT2D eigenvalue weighted by molar-refractivity contribution is 0.102. The molecule has 2 aromatic carbocycles. The first-order valence-electron chi connectivity index (χ1n) is 6.92. The first-order chi connectivity index (χ1) is 11.1. The molecule has 0 saturated heterocycles. The predicted molar refractivity (Wildman–Crippen MR) is 82.6 cm³/mol. The second kappa shape index (κ2) is 6.00. The van der Waals surface area contributed by atoms with E-state index >= 15 is 0 Å². The van der Waals surface area contributed by atoms with E-state index < -0.39 is 11.7 Å². The minimum atomic E-state index is -0.427. The van der Waals surface area contributed by atoms with Crippen LogP contribution in [0.2, 0.25) is 0 Å². The fourth-order valence-electron chi connectivity index (χ4n) is 2.23. The predicted octanol–water partition coefficient (Wildman–Crippen LogP) is 3.71. The lowest BCUT2D eigenvalue weighted by atomic mass is 10.2. The van der Waals surface area contributed by atoms with Gasteiger partial charge in [-0.3, -0.25) is 4.79 Å². The first-order valence-corrected chi connectivity index (χ1v) is 6.92. The molecule has 0 saturated carbocycles. The number of nitrogens with zero attached hydrogens (tertiary/aromatic N) is 2. The summed E-state index contributed by atoms with van der Waals surface area (Å²) in [4.78, 5) is 12.3. The quantitative estimate of drug-likeness (QED) is 0.801. The third-order valence-corrected chi connectivity index (χ3v) is 3.44. The van der Waals surface area contributed by atoms with Crippen LogP contribution in [-0.4, -0.2) is 15.7 Å². The van der Waals surface area contributed by atoms with Crippen molar-refractivity contribution in [1.29, 1.82) is 0 Å². The number of nitrogens with one attached hydrogen (secondary N) is 1. The molecule has 0 bridgehead atoms. The zero-order valence-corrected chi connectivity index (χ0v) is 12.3. The Morgan fingerprint density at radius 1 is 1.09 bits per heavy atom. The topological polar surface area (TPSA) is 46.9 Å². The monoisotopic (exact) mass is 313 g/mol. The summed E-state index contributed by atoms with van der Waals surface area (Å²) in [6.07, 6.45) is 1.38. The summed E-state index contributed by atoms with van der Waals surface area (Å²) in [6, 6.07) is 11.6. The van der Waals surface area contributed by atoms with Gasteiger partial charge in [-0.05, 0) is 43.3 Å². The molecule has 0 aliphatic heterocycles. The van der Waals surface area contributed by atoms with Crippen LogP contribution in [0.1, 0.15) is 16.1 Å². The number of hydrogen-bond acceptors (Lipinski definition) is 2. The fraction of sp³-hybridized carbons (Fsp3) is 0.0588. The van der Waals surface area contributed by atoms with E-state index in [-0.39, 0.29) is 11.5 Å². The van der Waals surface area contributed by atoms with Gasteiger partial charge in [0.2, 0.25) is 0 Å². The molecule has 0 radical (unpaired) electrons. The maximum absolute atomic E-state index is 13.9. The number of benzene rings is 2. The smallest absolute Gasteiger partial charge is 0.259 e. The van der Waals surface area contributed by atoms with Crippen molar-refractivity contribution >= 4 is 11.6 Å². The van der Waals surface area contributed by atoms with Crippen LogP contribution >= 0.6 is 0 Å². The van der Waals surface area contributed by atoms with Gasteiger partial charge in [-0.15, -0.1) is 0 Å². The van der Waals surface area contributed by atoms with Gasteiger partial charge >= 0.3 is 0 Å². The Hall–Kier alpha value is -3.02. The van der Waals surface area contributed by atoms with Crippen molar-refractivity contribution < 1.29 is 13.6 Å². The molecular formula is C17H13F2N3O. The summed E-state index contributed by atoms with van der Waals surface area (Å²) in [7, 11) is 0. The zero-order chi connectivity index (χ0) is 16.4. The van der Waals surface area contributed by atoms with E-state index in [1.54, 1.807) is 25.1 Å². The van der Waals surface area contributed by atoms with Gasteiger partial charge in [0.1, 0.15) is 17.3 Å². The van der Waals surface area contributed by atoms with Crippen LogP contribution in [0.4, 0.5) is 14.5 Å². The molecule has 1 heterocycles. The lowest BCUT2D eigenvalue weighted by Gasteiger charge is -2.07. The van der Waals surface area contributed by atoms with Gasteiger partial charge in [0.15, 0.2) is 0 Å². The molecule has 4 nitrogen and oxygen atoms in total. The van der Waals surface area contributed by atoms with E-state index in [4.69, 9.17) is 0 Å². The second-order valence-corrected chi connectivity index (χ2v) is 4.97. The van der Waals surface area contributed by atoms with Crippen LogP contribution in [0.5, 0.6) is 0 Å². The Kier molecular flexibility index (Phi) is 3.89. The Balaban J connectivity index is 1.88. The first kappa shape index (κ1) is 14.9. The third kappa shape index (κ3) is 2.96. The number of amides is 1. The van der Waals surface area contributed by atoms with Gasteiger partial charge in [0.25, 0.3) is 5.91 Å². The van der Waals surface area contributed by atoms with Gasteiger partial charge in [-0.1, -0.05) is 12.1 Å². The Bertz CT molecular complexity index is 857. The number of carbonyl (C=O) groups is 1. The Morgan fingerprint density at radius 2 is 1.78 bits per heavy atom. The second-order valence-electron chi connectivity index (χ2n) is 4.97. The minimum absolute atomic E-state index is 0.269. The van der Waals surface area contributed by atoms with Gasteiger partial charge < -0.3 is 5.32 Å². The van der Waals surface area contributed by atoms with E-state index in [0.29, 0.717) is 16.9 Å². The van der Waals surface area contributed by atoms with Gasteiger partial charge in [-0.2, -0.15) is 5.10 Å². The molecule has 0 unspecified atom stereocenters. The minimum Gasteiger partial charge on any atom is -0.322 e. The van der Waals surface area contributed by atoms with Crippen molar-refractivity contribution in [1.82, 2.24) is 9.78 Å². The van der Waals surface area contributed by atoms with E-state index in [1.165, 1.54) is 41.2 Å². The highest BCUT2D eigenvalue weighted by Gasteiger charge is 2.16. The van der Waals surface area contributed by atoms with Crippen molar-refractivity contribution in [2.75, 3.05) is 5.32 Å². The molecule has 23 heavy (non-hydrogen) atoms. The molecule has 116 valence electrons. The summed E-state index contributed by atoms with van der Waals surface area (Å²) in [5.74, 6) is -1.20. The van der Waals surface area contributed by atoms with E-state index in [0.717, 1.165) is 0 Å². The number of rotatable bonds is 3. The zero-order valence-electron chi connectivity index (χ0n) is 12.3. The average Bonchev–Trinajstić information content (AvgIpc) is 2.92. The molecule has 0 aliphatic rings. The molecule has 1 N–H and O–H groups in total. The molecule has 1 aromatic heterocycles. The van der Waals surface area contributed by atoms with Crippen LogP contribution in [0.3, 0.4) is 0 Å². The molecular weight excluding hydrogens is 300 g/mol. The number of aromatic nitrogens is 2. The molecule has 0 fully saturated rings. The van der Waals surface area contributed by atoms with Crippen LogP contribution in [0.25, 0.3) is 5.69 Å². The summed E-state index contributed by atoms with van der Waals surface area (Å²) in [6.45, 7) is 1.68. The molecule has 0 spiro atoms. The fourth-order valence-corrected chi connectivity index (χ4v) is 2.23. The summed E-state index contributed by atoms with van der Waals surface area (Å²) < 4.78 is 28.1. The van der Waals surface area contributed by atoms with Crippen LogP contribution in [0, 0.1) is 18.6 Å². The van der Waals surface area contributed by atoms with Crippen molar-refractivity contribution in [2.24, 2.45) is 0 Å². The molecule has 0 atom stereocenters. The van der Waals surface area contributed by atoms with Crippen LogP contribution in [-0.2, 0) is 0 Å². The normalized spacial score (nSPS) is 10.6. The summed E-state index contributed by atoms with van der Waals surface area (Å²) in [5, 5.41) is 6.73. The third-order valence-electron chi connectivity index (χ3n) is 3.44.